The quantitative estimate of drug-likeness (QED) is 0.194. The van der Waals surface area contributed by atoms with Crippen LogP contribution in [0.4, 0.5) is 10.1 Å². The summed E-state index contributed by atoms with van der Waals surface area (Å²) in [5, 5.41) is 0. The predicted molar refractivity (Wildman–Crippen MR) is 130 cm³/mol. The fourth-order valence-corrected chi connectivity index (χ4v) is 3.99. The minimum atomic E-state index is -0.685. The smallest absolute Gasteiger partial charge is 0.343 e. The van der Waals surface area contributed by atoms with Crippen molar-refractivity contribution in [3.8, 4) is 28.7 Å². The van der Waals surface area contributed by atoms with E-state index in [4.69, 9.17) is 23.7 Å². The summed E-state index contributed by atoms with van der Waals surface area (Å²) in [4.78, 5) is 27.0. The predicted octanol–water partition coefficient (Wildman–Crippen LogP) is 4.72. The number of benzene rings is 3. The van der Waals surface area contributed by atoms with Crippen molar-refractivity contribution in [2.75, 3.05) is 33.3 Å². The van der Waals surface area contributed by atoms with Gasteiger partial charge in [-0.1, -0.05) is 12.6 Å². The maximum Gasteiger partial charge on any atom is 0.343 e. The highest BCUT2D eigenvalue weighted by atomic mass is 19.1. The number of methoxy groups -OCH3 is 4. The zero-order valence-corrected chi connectivity index (χ0v) is 20.2. The van der Waals surface area contributed by atoms with E-state index in [9.17, 15) is 14.0 Å². The molecule has 0 aliphatic carbocycles. The second kappa shape index (κ2) is 9.99. The number of β-lactam (4-membered cyclic amide) rings is 1. The molecule has 1 aliphatic rings. The molecule has 4 rings (SSSR count). The number of ether oxygens (including phenoxy) is 5. The van der Waals surface area contributed by atoms with Crippen molar-refractivity contribution in [1.82, 2.24) is 0 Å². The number of halogens is 1. The summed E-state index contributed by atoms with van der Waals surface area (Å²) in [5.41, 5.74) is 1.67. The van der Waals surface area contributed by atoms with E-state index in [0.29, 0.717) is 39.8 Å². The zero-order valence-electron chi connectivity index (χ0n) is 20.2. The Morgan fingerprint density at radius 1 is 0.833 bits per heavy atom. The molecule has 0 spiro atoms. The van der Waals surface area contributed by atoms with Gasteiger partial charge in [-0.3, -0.25) is 9.69 Å². The summed E-state index contributed by atoms with van der Waals surface area (Å²) < 4.78 is 40.3. The molecule has 1 unspecified atom stereocenters. The summed E-state index contributed by atoms with van der Waals surface area (Å²) in [6, 6.07) is 12.8. The molecule has 1 amide bonds. The molecule has 1 saturated heterocycles. The van der Waals surface area contributed by atoms with Gasteiger partial charge in [-0.15, -0.1) is 0 Å². The first-order chi connectivity index (χ1) is 17.3. The number of rotatable bonds is 8. The highest BCUT2D eigenvalue weighted by molar-refractivity contribution is 6.15. The van der Waals surface area contributed by atoms with Crippen LogP contribution in [0.1, 0.15) is 22.0 Å². The number of esters is 1. The van der Waals surface area contributed by atoms with Gasteiger partial charge in [0.15, 0.2) is 23.0 Å². The number of amides is 1. The molecule has 0 N–H and O–H groups in total. The lowest BCUT2D eigenvalue weighted by Gasteiger charge is -2.42. The minimum Gasteiger partial charge on any atom is -0.493 e. The topological polar surface area (TPSA) is 83.5 Å². The molecule has 1 aliphatic heterocycles. The van der Waals surface area contributed by atoms with Crippen LogP contribution in [-0.4, -0.2) is 40.3 Å². The Bertz CT molecular complexity index is 1310. The van der Waals surface area contributed by atoms with Crippen molar-refractivity contribution in [3.63, 3.8) is 0 Å². The van der Waals surface area contributed by atoms with Crippen LogP contribution in [0.3, 0.4) is 0 Å². The van der Waals surface area contributed by atoms with Gasteiger partial charge in [-0.2, -0.15) is 0 Å². The van der Waals surface area contributed by atoms with Crippen LogP contribution in [-0.2, 0) is 4.79 Å². The molecule has 8 nitrogen and oxygen atoms in total. The van der Waals surface area contributed by atoms with Crippen LogP contribution in [0.15, 0.2) is 66.7 Å². The molecule has 1 atom stereocenters. The Morgan fingerprint density at radius 3 is 2.00 bits per heavy atom. The second-order valence-electron chi connectivity index (χ2n) is 7.79. The molecule has 1 heterocycles. The largest absolute Gasteiger partial charge is 0.493 e. The van der Waals surface area contributed by atoms with Gasteiger partial charge < -0.3 is 23.7 Å². The van der Waals surface area contributed by atoms with Crippen molar-refractivity contribution in [2.24, 2.45) is 0 Å². The lowest BCUT2D eigenvalue weighted by molar-refractivity contribution is -0.119. The first-order valence-electron chi connectivity index (χ1n) is 10.8. The number of anilines is 1. The Hall–Kier alpha value is -4.53. The lowest BCUT2D eigenvalue weighted by Crippen LogP contribution is -2.48. The van der Waals surface area contributed by atoms with Gasteiger partial charge in [0, 0.05) is 17.7 Å². The lowest BCUT2D eigenvalue weighted by atomic mass is 9.88. The van der Waals surface area contributed by atoms with E-state index in [1.807, 2.05) is 0 Å². The van der Waals surface area contributed by atoms with E-state index in [2.05, 4.69) is 6.58 Å². The van der Waals surface area contributed by atoms with E-state index in [0.717, 1.165) is 0 Å². The van der Waals surface area contributed by atoms with Gasteiger partial charge in [0.05, 0.1) is 45.7 Å². The molecule has 9 heteroatoms. The van der Waals surface area contributed by atoms with Crippen LogP contribution in [0.5, 0.6) is 28.7 Å². The Morgan fingerprint density at radius 2 is 1.44 bits per heavy atom. The molecule has 186 valence electrons. The summed E-state index contributed by atoms with van der Waals surface area (Å²) in [7, 11) is 5.91. The van der Waals surface area contributed by atoms with Crippen molar-refractivity contribution in [2.45, 2.75) is 6.04 Å². The van der Waals surface area contributed by atoms with Crippen molar-refractivity contribution >= 4 is 17.6 Å². The van der Waals surface area contributed by atoms with E-state index in [1.54, 1.807) is 30.3 Å². The van der Waals surface area contributed by atoms with E-state index in [-0.39, 0.29) is 17.2 Å². The third-order valence-electron chi connectivity index (χ3n) is 5.80. The molecule has 1 fully saturated rings. The highest BCUT2D eigenvalue weighted by Crippen LogP contribution is 2.48. The Labute approximate surface area is 207 Å². The molecular formula is C27H24FNO7. The SMILES string of the molecule is C=C1C(=O)N(c2cc(OC)c(OC)c(OC)c2)C1c1ccc(OC)c(OC(=O)c2ccc(F)cc2)c1. The van der Waals surface area contributed by atoms with Crippen LogP contribution in [0.2, 0.25) is 0 Å². The second-order valence-corrected chi connectivity index (χ2v) is 7.79. The number of carbonyl (C=O) groups excluding carboxylic acids is 2. The van der Waals surface area contributed by atoms with Crippen molar-refractivity contribution < 1.29 is 37.7 Å². The van der Waals surface area contributed by atoms with E-state index >= 15 is 0 Å². The third-order valence-corrected chi connectivity index (χ3v) is 5.80. The fourth-order valence-electron chi connectivity index (χ4n) is 3.99. The van der Waals surface area contributed by atoms with Crippen LogP contribution in [0, 0.1) is 5.82 Å². The van der Waals surface area contributed by atoms with E-state index in [1.165, 1.54) is 57.6 Å². The minimum absolute atomic E-state index is 0.140. The number of nitrogens with zero attached hydrogens (tertiary/aromatic N) is 1. The zero-order chi connectivity index (χ0) is 26.0. The number of hydrogen-bond acceptors (Lipinski definition) is 7. The average molecular weight is 493 g/mol. The van der Waals surface area contributed by atoms with E-state index < -0.39 is 17.8 Å². The van der Waals surface area contributed by atoms with Gasteiger partial charge >= 0.3 is 5.97 Å². The van der Waals surface area contributed by atoms with Gasteiger partial charge in [0.2, 0.25) is 5.75 Å². The Kier molecular flexibility index (Phi) is 6.82. The highest BCUT2D eigenvalue weighted by Gasteiger charge is 2.43. The number of carbonyl (C=O) groups is 2. The normalized spacial score (nSPS) is 14.7. The third kappa shape index (κ3) is 4.31. The molecule has 3 aromatic carbocycles. The summed E-state index contributed by atoms with van der Waals surface area (Å²) in [5.74, 6) is 0.188. The first-order valence-corrected chi connectivity index (χ1v) is 10.8. The summed E-state index contributed by atoms with van der Waals surface area (Å²) >= 11 is 0. The van der Waals surface area contributed by atoms with Gasteiger partial charge in [-0.25, -0.2) is 9.18 Å². The van der Waals surface area contributed by atoms with Crippen molar-refractivity contribution in [1.29, 1.82) is 0 Å². The average Bonchev–Trinajstić information content (AvgIpc) is 2.90. The first kappa shape index (κ1) is 24.6. The maximum absolute atomic E-state index is 13.2. The molecule has 36 heavy (non-hydrogen) atoms. The monoisotopic (exact) mass is 493 g/mol. The van der Waals surface area contributed by atoms with Crippen molar-refractivity contribution in [3.05, 3.63) is 83.7 Å². The molecule has 0 saturated carbocycles. The van der Waals surface area contributed by atoms with Gasteiger partial charge in [-0.05, 0) is 42.0 Å². The summed E-state index contributed by atoms with van der Waals surface area (Å²) in [6.45, 7) is 3.93. The van der Waals surface area contributed by atoms with Crippen LogP contribution >= 0.6 is 0 Å². The van der Waals surface area contributed by atoms with Gasteiger partial charge in [0.25, 0.3) is 5.91 Å². The van der Waals surface area contributed by atoms with Gasteiger partial charge in [0.1, 0.15) is 5.82 Å². The molecular weight excluding hydrogens is 469 g/mol. The molecule has 3 aromatic rings. The van der Waals surface area contributed by atoms with Crippen LogP contribution < -0.4 is 28.6 Å². The summed E-state index contributed by atoms with van der Waals surface area (Å²) in [6.07, 6.45) is 0. The molecule has 0 aromatic heterocycles. The standard InChI is InChI=1S/C27H24FNO7/c1-15-24(29(26(15)30)19-13-22(33-3)25(35-5)23(14-19)34-4)17-8-11-20(32-2)21(12-17)36-27(31)16-6-9-18(28)10-7-16/h6-14,24H,1H2,2-5H3. The number of hydrogen-bond donors (Lipinski definition) is 0. The Balaban J connectivity index is 1.70. The van der Waals surface area contributed by atoms with Crippen LogP contribution in [0.25, 0.3) is 0 Å². The fraction of sp³-hybridized carbons (Fsp3) is 0.185. The molecule has 0 radical (unpaired) electrons. The molecule has 0 bridgehead atoms. The maximum atomic E-state index is 13.2.